The molecule has 2 heterocycles. The van der Waals surface area contributed by atoms with Gasteiger partial charge in [-0.3, -0.25) is 4.79 Å². The maximum absolute atomic E-state index is 12.4. The fraction of sp³-hybridized carbons (Fsp3) is 0.462. The second kappa shape index (κ2) is 5.57. The van der Waals surface area contributed by atoms with E-state index >= 15 is 0 Å². The fourth-order valence-electron chi connectivity index (χ4n) is 2.58. The quantitative estimate of drug-likeness (QED) is 0.909. The van der Waals surface area contributed by atoms with Gasteiger partial charge >= 0.3 is 0 Å². The molecule has 1 aliphatic carbocycles. The van der Waals surface area contributed by atoms with Crippen LogP contribution in [0.15, 0.2) is 12.3 Å². The van der Waals surface area contributed by atoms with E-state index in [2.05, 4.69) is 21.8 Å². The van der Waals surface area contributed by atoms with Gasteiger partial charge in [0.25, 0.3) is 5.91 Å². The van der Waals surface area contributed by atoms with Crippen molar-refractivity contribution in [2.24, 2.45) is 0 Å². The molecule has 2 aromatic rings. The SMILES string of the molecule is CSC1CCC(NC(=O)c2sc3nnccc3c2N)C1. The molecular weight excluding hydrogens is 292 g/mol. The lowest BCUT2D eigenvalue weighted by atomic mass is 10.2. The molecule has 2 unspecified atom stereocenters. The molecule has 1 fully saturated rings. The minimum Gasteiger partial charge on any atom is -0.397 e. The van der Waals surface area contributed by atoms with Crippen molar-refractivity contribution in [3.05, 3.63) is 17.1 Å². The maximum atomic E-state index is 12.4. The standard InChI is InChI=1S/C13H16N4OS2/c1-19-8-3-2-7(6-8)16-12(18)11-10(14)9-4-5-15-17-13(9)20-11/h4-5,7-8H,2-3,6,14H2,1H3,(H,16,18). The highest BCUT2D eigenvalue weighted by Crippen LogP contribution is 2.33. The summed E-state index contributed by atoms with van der Waals surface area (Å²) in [7, 11) is 0. The van der Waals surface area contributed by atoms with Gasteiger partial charge < -0.3 is 11.1 Å². The van der Waals surface area contributed by atoms with E-state index in [9.17, 15) is 4.79 Å². The minimum absolute atomic E-state index is 0.0859. The highest BCUT2D eigenvalue weighted by atomic mass is 32.2. The molecule has 3 rings (SSSR count). The van der Waals surface area contributed by atoms with Crippen LogP contribution in [0, 0.1) is 0 Å². The molecule has 1 amide bonds. The molecule has 1 aliphatic rings. The van der Waals surface area contributed by atoms with E-state index in [1.54, 1.807) is 12.3 Å². The van der Waals surface area contributed by atoms with Crippen LogP contribution < -0.4 is 11.1 Å². The Morgan fingerprint density at radius 2 is 2.40 bits per heavy atom. The van der Waals surface area contributed by atoms with Crippen LogP contribution in [0.2, 0.25) is 0 Å². The molecule has 20 heavy (non-hydrogen) atoms. The van der Waals surface area contributed by atoms with E-state index in [4.69, 9.17) is 5.73 Å². The van der Waals surface area contributed by atoms with Crippen LogP contribution in [0.1, 0.15) is 28.9 Å². The molecular formula is C13H16N4OS2. The first kappa shape index (κ1) is 13.6. The molecule has 3 N–H and O–H groups in total. The van der Waals surface area contributed by atoms with E-state index in [-0.39, 0.29) is 11.9 Å². The lowest BCUT2D eigenvalue weighted by molar-refractivity contribution is 0.0943. The highest BCUT2D eigenvalue weighted by Gasteiger charge is 2.27. The summed E-state index contributed by atoms with van der Waals surface area (Å²) in [6.07, 6.45) is 6.96. The van der Waals surface area contributed by atoms with Crippen LogP contribution in [0.5, 0.6) is 0 Å². The van der Waals surface area contributed by atoms with Gasteiger partial charge in [0.1, 0.15) is 9.71 Å². The summed E-state index contributed by atoms with van der Waals surface area (Å²) in [5.74, 6) is -0.0859. The Kier molecular flexibility index (Phi) is 3.80. The number of nitrogen functional groups attached to an aromatic ring is 1. The fourth-order valence-corrected chi connectivity index (χ4v) is 4.32. The Hall–Kier alpha value is -1.34. The first-order valence-corrected chi connectivity index (χ1v) is 8.62. The van der Waals surface area contributed by atoms with Gasteiger partial charge in [-0.15, -0.1) is 16.4 Å². The topological polar surface area (TPSA) is 80.9 Å². The van der Waals surface area contributed by atoms with Crippen LogP contribution >= 0.6 is 23.1 Å². The zero-order valence-corrected chi connectivity index (χ0v) is 12.8. The third kappa shape index (κ3) is 2.47. The zero-order chi connectivity index (χ0) is 14.1. The lowest BCUT2D eigenvalue weighted by Gasteiger charge is -2.12. The number of fused-ring (bicyclic) bond motifs is 1. The third-order valence-corrected chi connectivity index (χ3v) is 5.88. The van der Waals surface area contributed by atoms with E-state index in [0.29, 0.717) is 20.6 Å². The average molecular weight is 308 g/mol. The van der Waals surface area contributed by atoms with Crippen molar-refractivity contribution >= 4 is 44.9 Å². The van der Waals surface area contributed by atoms with Gasteiger partial charge in [0.15, 0.2) is 0 Å². The average Bonchev–Trinajstić information content (AvgIpc) is 3.04. The van der Waals surface area contributed by atoms with E-state index in [1.165, 1.54) is 17.8 Å². The van der Waals surface area contributed by atoms with Gasteiger partial charge in [-0.2, -0.15) is 16.9 Å². The number of anilines is 1. The second-order valence-electron chi connectivity index (χ2n) is 4.94. The van der Waals surface area contributed by atoms with Crippen molar-refractivity contribution in [2.45, 2.75) is 30.6 Å². The summed E-state index contributed by atoms with van der Waals surface area (Å²) in [5.41, 5.74) is 6.56. The molecule has 0 radical (unpaired) electrons. The van der Waals surface area contributed by atoms with Gasteiger partial charge in [0.05, 0.1) is 11.9 Å². The van der Waals surface area contributed by atoms with Crippen molar-refractivity contribution in [1.29, 1.82) is 0 Å². The van der Waals surface area contributed by atoms with Crippen molar-refractivity contribution in [1.82, 2.24) is 15.5 Å². The molecule has 1 saturated carbocycles. The molecule has 0 aromatic carbocycles. The van der Waals surface area contributed by atoms with Gasteiger partial charge in [0.2, 0.25) is 0 Å². The molecule has 106 valence electrons. The van der Waals surface area contributed by atoms with Crippen LogP contribution in [-0.2, 0) is 0 Å². The van der Waals surface area contributed by atoms with Crippen molar-refractivity contribution in [3.63, 3.8) is 0 Å². The zero-order valence-electron chi connectivity index (χ0n) is 11.1. The summed E-state index contributed by atoms with van der Waals surface area (Å²) in [6, 6.07) is 2.06. The van der Waals surface area contributed by atoms with Crippen LogP contribution in [0.3, 0.4) is 0 Å². The molecule has 0 spiro atoms. The number of carbonyl (C=O) groups excluding carboxylic acids is 1. The summed E-state index contributed by atoms with van der Waals surface area (Å²) in [6.45, 7) is 0. The number of amides is 1. The summed E-state index contributed by atoms with van der Waals surface area (Å²) < 4.78 is 0. The largest absolute Gasteiger partial charge is 0.397 e. The Bertz CT molecular complexity index is 642. The van der Waals surface area contributed by atoms with Crippen molar-refractivity contribution in [3.8, 4) is 0 Å². The number of aromatic nitrogens is 2. The van der Waals surface area contributed by atoms with Gasteiger partial charge in [-0.25, -0.2) is 0 Å². The predicted molar refractivity (Wildman–Crippen MR) is 84.2 cm³/mol. The van der Waals surface area contributed by atoms with Gasteiger partial charge in [-0.1, -0.05) is 0 Å². The molecule has 0 aliphatic heterocycles. The van der Waals surface area contributed by atoms with Crippen LogP contribution in [-0.4, -0.2) is 33.7 Å². The monoisotopic (exact) mass is 308 g/mol. The lowest BCUT2D eigenvalue weighted by Crippen LogP contribution is -2.32. The molecule has 5 nitrogen and oxygen atoms in total. The second-order valence-corrected chi connectivity index (χ2v) is 7.07. The Balaban J connectivity index is 1.77. The van der Waals surface area contributed by atoms with Crippen molar-refractivity contribution < 1.29 is 4.79 Å². The molecule has 7 heteroatoms. The number of hydrogen-bond acceptors (Lipinski definition) is 6. The van der Waals surface area contributed by atoms with Crippen LogP contribution in [0.25, 0.3) is 10.2 Å². The summed E-state index contributed by atoms with van der Waals surface area (Å²) >= 11 is 3.18. The molecule has 2 atom stereocenters. The van der Waals surface area contributed by atoms with Gasteiger partial charge in [0, 0.05) is 16.7 Å². The van der Waals surface area contributed by atoms with E-state index < -0.39 is 0 Å². The highest BCUT2D eigenvalue weighted by molar-refractivity contribution is 7.99. The number of rotatable bonds is 3. The number of nitrogens with zero attached hydrogens (tertiary/aromatic N) is 2. The van der Waals surface area contributed by atoms with E-state index in [1.807, 2.05) is 11.8 Å². The van der Waals surface area contributed by atoms with Gasteiger partial charge in [-0.05, 0) is 31.6 Å². The number of nitrogens with two attached hydrogens (primary N) is 1. The predicted octanol–water partition coefficient (Wildman–Crippen LogP) is 2.29. The normalized spacial score (nSPS) is 22.2. The number of nitrogens with one attached hydrogen (secondary N) is 1. The number of carbonyl (C=O) groups is 1. The summed E-state index contributed by atoms with van der Waals surface area (Å²) in [5, 5.41) is 12.4. The minimum atomic E-state index is -0.0859. The maximum Gasteiger partial charge on any atom is 0.263 e. The Morgan fingerprint density at radius 1 is 1.55 bits per heavy atom. The number of hydrogen-bond donors (Lipinski definition) is 2. The molecule has 2 aromatic heterocycles. The summed E-state index contributed by atoms with van der Waals surface area (Å²) in [4.78, 5) is 13.6. The first-order valence-electron chi connectivity index (χ1n) is 6.52. The Labute approximate surface area is 125 Å². The van der Waals surface area contributed by atoms with Crippen molar-refractivity contribution in [2.75, 3.05) is 12.0 Å². The molecule has 0 bridgehead atoms. The number of thiophene rings is 1. The first-order chi connectivity index (χ1) is 9.69. The third-order valence-electron chi connectivity index (χ3n) is 3.68. The Morgan fingerprint density at radius 3 is 3.10 bits per heavy atom. The number of thioether (sulfide) groups is 1. The molecule has 0 saturated heterocycles. The van der Waals surface area contributed by atoms with E-state index in [0.717, 1.165) is 18.2 Å². The smallest absolute Gasteiger partial charge is 0.263 e. The van der Waals surface area contributed by atoms with Crippen LogP contribution in [0.4, 0.5) is 5.69 Å².